The topological polar surface area (TPSA) is 24.5 Å². The molecule has 0 aromatic carbocycles. The molecule has 17 heavy (non-hydrogen) atoms. The van der Waals surface area contributed by atoms with E-state index in [1.54, 1.807) is 7.11 Å². The fraction of sp³-hybridized carbons (Fsp3) is 1.00. The van der Waals surface area contributed by atoms with E-state index in [1.807, 2.05) is 0 Å². The van der Waals surface area contributed by atoms with Gasteiger partial charge >= 0.3 is 0 Å². The van der Waals surface area contributed by atoms with Crippen molar-refractivity contribution in [3.8, 4) is 0 Å². The van der Waals surface area contributed by atoms with E-state index in [1.165, 1.54) is 38.8 Å². The zero-order valence-corrected chi connectivity index (χ0v) is 12.3. The smallest absolute Gasteiger partial charge is 0.0615 e. The fourth-order valence-electron chi connectivity index (χ4n) is 2.08. The van der Waals surface area contributed by atoms with Crippen molar-refractivity contribution in [2.45, 2.75) is 52.5 Å². The highest BCUT2D eigenvalue weighted by Gasteiger charge is 2.10. The molecule has 0 saturated carbocycles. The molecule has 0 aromatic heterocycles. The highest BCUT2D eigenvalue weighted by Crippen LogP contribution is 2.03. The zero-order chi connectivity index (χ0) is 12.9. The Bertz CT molecular complexity index is 153. The summed E-state index contributed by atoms with van der Waals surface area (Å²) >= 11 is 0. The standard InChI is InChI=1S/C14H32N2O/c1-5-10-15-11-8-7-9-12-16(6-2)14(3)13-17-4/h14-15H,5-13H2,1-4H3. The second kappa shape index (κ2) is 12.3. The quantitative estimate of drug-likeness (QED) is 0.534. The molecule has 0 bridgehead atoms. The fourth-order valence-corrected chi connectivity index (χ4v) is 2.08. The first-order valence-electron chi connectivity index (χ1n) is 7.19. The molecule has 1 unspecified atom stereocenters. The molecule has 0 aliphatic rings. The number of likely N-dealkylation sites (N-methyl/N-ethyl adjacent to an activating group) is 1. The molecule has 0 rings (SSSR count). The minimum absolute atomic E-state index is 0.545. The number of rotatable bonds is 12. The zero-order valence-electron chi connectivity index (χ0n) is 12.3. The average molecular weight is 244 g/mol. The van der Waals surface area contributed by atoms with E-state index in [2.05, 4.69) is 31.0 Å². The van der Waals surface area contributed by atoms with Gasteiger partial charge in [-0.3, -0.25) is 4.90 Å². The molecule has 0 fully saturated rings. The van der Waals surface area contributed by atoms with Gasteiger partial charge in [0.1, 0.15) is 0 Å². The summed E-state index contributed by atoms with van der Waals surface area (Å²) in [5.41, 5.74) is 0. The van der Waals surface area contributed by atoms with Gasteiger partial charge in [-0.05, 0) is 52.4 Å². The minimum Gasteiger partial charge on any atom is -0.383 e. The average Bonchev–Trinajstić information content (AvgIpc) is 2.33. The molecule has 0 saturated heterocycles. The predicted molar refractivity (Wildman–Crippen MR) is 75.6 cm³/mol. The van der Waals surface area contributed by atoms with Crippen LogP contribution < -0.4 is 5.32 Å². The first-order valence-corrected chi connectivity index (χ1v) is 7.19. The summed E-state index contributed by atoms with van der Waals surface area (Å²) in [6, 6.07) is 0.545. The summed E-state index contributed by atoms with van der Waals surface area (Å²) in [4.78, 5) is 2.50. The summed E-state index contributed by atoms with van der Waals surface area (Å²) in [6.45, 7) is 12.2. The number of ether oxygens (including phenoxy) is 1. The number of hydrogen-bond donors (Lipinski definition) is 1. The maximum Gasteiger partial charge on any atom is 0.0615 e. The number of methoxy groups -OCH3 is 1. The first kappa shape index (κ1) is 16.9. The Kier molecular flexibility index (Phi) is 12.3. The third-order valence-corrected chi connectivity index (χ3v) is 3.16. The van der Waals surface area contributed by atoms with Gasteiger partial charge in [0.25, 0.3) is 0 Å². The van der Waals surface area contributed by atoms with E-state index in [0.717, 1.165) is 19.7 Å². The molecule has 0 amide bonds. The van der Waals surface area contributed by atoms with Crippen LogP contribution in [0.15, 0.2) is 0 Å². The van der Waals surface area contributed by atoms with Crippen molar-refractivity contribution in [2.75, 3.05) is 39.9 Å². The molecule has 104 valence electrons. The normalized spacial score (nSPS) is 13.2. The molecule has 0 spiro atoms. The molecule has 0 radical (unpaired) electrons. The highest BCUT2D eigenvalue weighted by atomic mass is 16.5. The van der Waals surface area contributed by atoms with E-state index in [-0.39, 0.29) is 0 Å². The molecule has 0 heterocycles. The highest BCUT2D eigenvalue weighted by molar-refractivity contribution is 4.65. The van der Waals surface area contributed by atoms with Crippen LogP contribution in [0.25, 0.3) is 0 Å². The first-order chi connectivity index (χ1) is 8.26. The van der Waals surface area contributed by atoms with Crippen molar-refractivity contribution in [1.82, 2.24) is 10.2 Å². The summed E-state index contributed by atoms with van der Waals surface area (Å²) < 4.78 is 5.21. The molecular weight excluding hydrogens is 212 g/mol. The lowest BCUT2D eigenvalue weighted by Crippen LogP contribution is -2.36. The summed E-state index contributed by atoms with van der Waals surface area (Å²) in [5.74, 6) is 0. The Labute approximate surface area is 108 Å². The van der Waals surface area contributed by atoms with Crippen molar-refractivity contribution in [3.05, 3.63) is 0 Å². The van der Waals surface area contributed by atoms with Crippen LogP contribution in [0, 0.1) is 0 Å². The van der Waals surface area contributed by atoms with Gasteiger partial charge in [-0.25, -0.2) is 0 Å². The lowest BCUT2D eigenvalue weighted by Gasteiger charge is -2.27. The largest absolute Gasteiger partial charge is 0.383 e. The van der Waals surface area contributed by atoms with Crippen molar-refractivity contribution < 1.29 is 4.74 Å². The van der Waals surface area contributed by atoms with Gasteiger partial charge in [-0.1, -0.05) is 20.3 Å². The summed E-state index contributed by atoms with van der Waals surface area (Å²) in [6.07, 6.45) is 5.16. The van der Waals surface area contributed by atoms with Gasteiger partial charge in [0.2, 0.25) is 0 Å². The number of hydrogen-bond acceptors (Lipinski definition) is 3. The summed E-state index contributed by atoms with van der Waals surface area (Å²) in [7, 11) is 1.78. The molecule has 0 aliphatic heterocycles. The predicted octanol–water partition coefficient (Wildman–Crippen LogP) is 2.51. The van der Waals surface area contributed by atoms with Crippen molar-refractivity contribution in [3.63, 3.8) is 0 Å². The van der Waals surface area contributed by atoms with Gasteiger partial charge in [0, 0.05) is 13.2 Å². The van der Waals surface area contributed by atoms with Crippen LogP contribution in [0.2, 0.25) is 0 Å². The van der Waals surface area contributed by atoms with E-state index in [9.17, 15) is 0 Å². The van der Waals surface area contributed by atoms with E-state index >= 15 is 0 Å². The van der Waals surface area contributed by atoms with Gasteiger partial charge < -0.3 is 10.1 Å². The second-order valence-electron chi connectivity index (χ2n) is 4.74. The second-order valence-corrected chi connectivity index (χ2v) is 4.74. The third-order valence-electron chi connectivity index (χ3n) is 3.16. The maximum atomic E-state index is 5.21. The van der Waals surface area contributed by atoms with E-state index in [4.69, 9.17) is 4.74 Å². The number of nitrogens with zero attached hydrogens (tertiary/aromatic N) is 1. The Morgan fingerprint density at radius 1 is 1.12 bits per heavy atom. The van der Waals surface area contributed by atoms with Crippen LogP contribution in [0.5, 0.6) is 0 Å². The molecule has 0 aliphatic carbocycles. The van der Waals surface area contributed by atoms with Crippen molar-refractivity contribution in [1.29, 1.82) is 0 Å². The minimum atomic E-state index is 0.545. The van der Waals surface area contributed by atoms with Gasteiger partial charge in [0.05, 0.1) is 6.61 Å². The van der Waals surface area contributed by atoms with E-state index < -0.39 is 0 Å². The molecular formula is C14H32N2O. The lowest BCUT2D eigenvalue weighted by atomic mass is 10.2. The number of unbranched alkanes of at least 4 members (excludes halogenated alkanes) is 2. The maximum absolute atomic E-state index is 5.21. The van der Waals surface area contributed by atoms with Crippen LogP contribution >= 0.6 is 0 Å². The van der Waals surface area contributed by atoms with Gasteiger partial charge in [-0.15, -0.1) is 0 Å². The lowest BCUT2D eigenvalue weighted by molar-refractivity contribution is 0.101. The molecule has 1 atom stereocenters. The number of nitrogens with one attached hydrogen (secondary N) is 1. The molecule has 1 N–H and O–H groups in total. The Morgan fingerprint density at radius 3 is 2.47 bits per heavy atom. The van der Waals surface area contributed by atoms with Crippen LogP contribution in [0.3, 0.4) is 0 Å². The Morgan fingerprint density at radius 2 is 1.88 bits per heavy atom. The van der Waals surface area contributed by atoms with Crippen LogP contribution in [0.4, 0.5) is 0 Å². The van der Waals surface area contributed by atoms with Crippen molar-refractivity contribution in [2.24, 2.45) is 0 Å². The van der Waals surface area contributed by atoms with Crippen LogP contribution in [0.1, 0.15) is 46.5 Å². The van der Waals surface area contributed by atoms with Crippen molar-refractivity contribution >= 4 is 0 Å². The molecule has 0 aromatic rings. The van der Waals surface area contributed by atoms with Crippen LogP contribution in [-0.2, 0) is 4.74 Å². The van der Waals surface area contributed by atoms with Gasteiger partial charge in [-0.2, -0.15) is 0 Å². The Balaban J connectivity index is 3.43. The van der Waals surface area contributed by atoms with Crippen LogP contribution in [-0.4, -0.2) is 50.8 Å². The van der Waals surface area contributed by atoms with Gasteiger partial charge in [0.15, 0.2) is 0 Å². The summed E-state index contributed by atoms with van der Waals surface area (Å²) in [5, 5.41) is 3.45. The Hall–Kier alpha value is -0.120. The van der Waals surface area contributed by atoms with E-state index in [0.29, 0.717) is 6.04 Å². The third kappa shape index (κ3) is 9.57. The SMILES string of the molecule is CCCNCCCCCN(CC)C(C)COC. The molecule has 3 heteroatoms. The monoisotopic (exact) mass is 244 g/mol. The molecule has 3 nitrogen and oxygen atoms in total.